The van der Waals surface area contributed by atoms with Crippen LogP contribution < -0.4 is 10.1 Å². The van der Waals surface area contributed by atoms with Crippen molar-refractivity contribution in [1.29, 1.82) is 0 Å². The summed E-state index contributed by atoms with van der Waals surface area (Å²) in [5.74, 6) is 1.55. The maximum atomic E-state index is 6.37. The molecule has 0 unspecified atom stereocenters. The zero-order chi connectivity index (χ0) is 15.6. The Morgan fingerprint density at radius 3 is 3.04 bits per heavy atom. The van der Waals surface area contributed by atoms with Gasteiger partial charge in [0.05, 0.1) is 17.0 Å². The molecule has 1 aromatic carbocycles. The van der Waals surface area contributed by atoms with Crippen molar-refractivity contribution in [3.8, 4) is 11.4 Å². The Hall–Kier alpha value is -2.93. The maximum absolute atomic E-state index is 6.37. The van der Waals surface area contributed by atoms with Crippen molar-refractivity contribution in [2.75, 3.05) is 11.9 Å². The number of benzene rings is 1. The number of anilines is 2. The van der Waals surface area contributed by atoms with Crippen LogP contribution in [0.2, 0.25) is 5.02 Å². The summed E-state index contributed by atoms with van der Waals surface area (Å²) >= 11 is 6.37. The number of imidazole rings is 1. The number of fused-ring (bicyclic) bond motifs is 1. The monoisotopic (exact) mass is 326 g/mol. The van der Waals surface area contributed by atoms with E-state index in [-0.39, 0.29) is 0 Å². The number of hydrogen-bond donors (Lipinski definition) is 1. The highest BCUT2D eigenvalue weighted by Crippen LogP contribution is 2.36. The van der Waals surface area contributed by atoms with Crippen LogP contribution in [-0.4, -0.2) is 32.3 Å². The second-order valence-electron chi connectivity index (χ2n) is 4.76. The molecule has 114 valence electrons. The standard InChI is InChI=1S/C15H11ClN6O/c16-11-7-10(22-5-3-17-9-22)1-2-12(11)21-15-13-14(19-8-20-15)18-4-6-23-13/h1-5,7-9H,6H2,(H,19,20,21). The van der Waals surface area contributed by atoms with Crippen LogP contribution >= 0.6 is 11.6 Å². The summed E-state index contributed by atoms with van der Waals surface area (Å²) in [5, 5.41) is 3.72. The predicted octanol–water partition coefficient (Wildman–Crippen LogP) is 3.15. The fraction of sp³-hybridized carbons (Fsp3) is 0.0667. The second kappa shape index (κ2) is 5.69. The molecule has 4 rings (SSSR count). The summed E-state index contributed by atoms with van der Waals surface area (Å²) in [5.41, 5.74) is 1.64. The van der Waals surface area contributed by atoms with E-state index >= 15 is 0 Å². The van der Waals surface area contributed by atoms with Gasteiger partial charge in [-0.25, -0.2) is 19.9 Å². The first-order valence-electron chi connectivity index (χ1n) is 6.86. The fourth-order valence-corrected chi connectivity index (χ4v) is 2.45. The molecule has 1 aliphatic rings. The van der Waals surface area contributed by atoms with Crippen molar-refractivity contribution in [3.63, 3.8) is 0 Å². The smallest absolute Gasteiger partial charge is 0.207 e. The van der Waals surface area contributed by atoms with Crippen LogP contribution in [0.1, 0.15) is 0 Å². The first-order valence-corrected chi connectivity index (χ1v) is 7.24. The Bertz CT molecular complexity index is 878. The SMILES string of the molecule is Clc1cc(-n2ccnc2)ccc1Nc1ncnc2c1OCC=N2. The number of halogens is 1. The Morgan fingerprint density at radius 1 is 1.26 bits per heavy atom. The van der Waals surface area contributed by atoms with Gasteiger partial charge >= 0.3 is 0 Å². The number of hydrogen-bond acceptors (Lipinski definition) is 6. The average molecular weight is 327 g/mol. The molecule has 0 fully saturated rings. The highest BCUT2D eigenvalue weighted by molar-refractivity contribution is 6.33. The molecular formula is C15H11ClN6O. The van der Waals surface area contributed by atoms with Gasteiger partial charge in [-0.05, 0) is 18.2 Å². The molecule has 3 heterocycles. The van der Waals surface area contributed by atoms with Gasteiger partial charge in [0, 0.05) is 24.3 Å². The van der Waals surface area contributed by atoms with Gasteiger partial charge < -0.3 is 14.6 Å². The number of ether oxygens (including phenoxy) is 1. The summed E-state index contributed by atoms with van der Waals surface area (Å²) in [7, 11) is 0. The molecule has 23 heavy (non-hydrogen) atoms. The van der Waals surface area contributed by atoms with Crippen molar-refractivity contribution in [3.05, 3.63) is 48.3 Å². The van der Waals surface area contributed by atoms with E-state index in [9.17, 15) is 0 Å². The molecule has 0 radical (unpaired) electrons. The lowest BCUT2D eigenvalue weighted by molar-refractivity contribution is 0.375. The van der Waals surface area contributed by atoms with Gasteiger partial charge in [-0.2, -0.15) is 0 Å². The summed E-state index contributed by atoms with van der Waals surface area (Å²) < 4.78 is 7.43. The maximum Gasteiger partial charge on any atom is 0.207 e. The predicted molar refractivity (Wildman–Crippen MR) is 87.5 cm³/mol. The summed E-state index contributed by atoms with van der Waals surface area (Å²) in [6.45, 7) is 0.391. The van der Waals surface area contributed by atoms with Crippen LogP contribution in [-0.2, 0) is 0 Å². The van der Waals surface area contributed by atoms with Crippen LogP contribution in [0.4, 0.5) is 17.3 Å². The second-order valence-corrected chi connectivity index (χ2v) is 5.16. The third-order valence-corrected chi connectivity index (χ3v) is 3.62. The van der Waals surface area contributed by atoms with Gasteiger partial charge in [0.1, 0.15) is 12.9 Å². The third-order valence-electron chi connectivity index (χ3n) is 3.31. The van der Waals surface area contributed by atoms with Crippen LogP contribution in [0.25, 0.3) is 5.69 Å². The average Bonchev–Trinajstić information content (AvgIpc) is 3.11. The Kier molecular flexibility index (Phi) is 3.39. The molecule has 1 aliphatic heterocycles. The van der Waals surface area contributed by atoms with E-state index in [0.717, 1.165) is 11.4 Å². The molecule has 7 nitrogen and oxygen atoms in total. The van der Waals surface area contributed by atoms with Crippen LogP contribution in [0.5, 0.6) is 5.75 Å². The molecule has 0 saturated heterocycles. The van der Waals surface area contributed by atoms with E-state index < -0.39 is 0 Å². The van der Waals surface area contributed by atoms with E-state index in [1.165, 1.54) is 6.33 Å². The van der Waals surface area contributed by atoms with E-state index in [4.69, 9.17) is 16.3 Å². The van der Waals surface area contributed by atoms with E-state index in [1.54, 1.807) is 18.7 Å². The van der Waals surface area contributed by atoms with Crippen LogP contribution in [0.3, 0.4) is 0 Å². The lowest BCUT2D eigenvalue weighted by Crippen LogP contribution is -2.08. The van der Waals surface area contributed by atoms with E-state index in [1.807, 2.05) is 29.0 Å². The van der Waals surface area contributed by atoms with Crippen molar-refractivity contribution in [2.24, 2.45) is 4.99 Å². The molecule has 2 aromatic heterocycles. The summed E-state index contributed by atoms with van der Waals surface area (Å²) in [6, 6.07) is 5.65. The Morgan fingerprint density at radius 2 is 2.22 bits per heavy atom. The van der Waals surface area contributed by atoms with Crippen LogP contribution in [0, 0.1) is 0 Å². The Balaban J connectivity index is 1.66. The molecule has 0 spiro atoms. The van der Waals surface area contributed by atoms with Gasteiger partial charge in [-0.15, -0.1) is 0 Å². The van der Waals surface area contributed by atoms with Gasteiger partial charge in [-0.1, -0.05) is 11.6 Å². The first kappa shape index (κ1) is 13.7. The van der Waals surface area contributed by atoms with Crippen molar-refractivity contribution >= 4 is 35.1 Å². The molecular weight excluding hydrogens is 316 g/mol. The molecule has 0 saturated carbocycles. The zero-order valence-corrected chi connectivity index (χ0v) is 12.6. The highest BCUT2D eigenvalue weighted by atomic mass is 35.5. The normalized spacial score (nSPS) is 12.6. The minimum absolute atomic E-state index is 0.391. The lowest BCUT2D eigenvalue weighted by atomic mass is 10.2. The van der Waals surface area contributed by atoms with Crippen LogP contribution in [0.15, 0.2) is 48.2 Å². The van der Waals surface area contributed by atoms with Gasteiger partial charge in [0.2, 0.25) is 5.75 Å². The zero-order valence-electron chi connectivity index (χ0n) is 11.8. The number of nitrogens with one attached hydrogen (secondary N) is 1. The number of aromatic nitrogens is 4. The number of nitrogens with zero attached hydrogens (tertiary/aromatic N) is 5. The quantitative estimate of drug-likeness (QED) is 0.800. The summed E-state index contributed by atoms with van der Waals surface area (Å²) in [6.07, 6.45) is 8.37. The number of rotatable bonds is 3. The molecule has 3 aromatic rings. The minimum atomic E-state index is 0.391. The van der Waals surface area contributed by atoms with Crippen molar-refractivity contribution < 1.29 is 4.74 Å². The third kappa shape index (κ3) is 2.62. The van der Waals surface area contributed by atoms with E-state index in [2.05, 4.69) is 25.3 Å². The molecule has 0 aliphatic carbocycles. The fourth-order valence-electron chi connectivity index (χ4n) is 2.23. The lowest BCUT2D eigenvalue weighted by Gasteiger charge is -2.16. The summed E-state index contributed by atoms with van der Waals surface area (Å²) in [4.78, 5) is 16.5. The molecule has 0 atom stereocenters. The van der Waals surface area contributed by atoms with Gasteiger partial charge in [0.25, 0.3) is 0 Å². The molecule has 1 N–H and O–H groups in total. The van der Waals surface area contributed by atoms with Gasteiger partial charge in [-0.3, -0.25) is 0 Å². The number of aliphatic imine (C=N–C) groups is 1. The highest BCUT2D eigenvalue weighted by Gasteiger charge is 2.16. The van der Waals surface area contributed by atoms with Gasteiger partial charge in [0.15, 0.2) is 11.6 Å². The topological polar surface area (TPSA) is 77.2 Å². The largest absolute Gasteiger partial charge is 0.481 e. The van der Waals surface area contributed by atoms with E-state index in [0.29, 0.717) is 29.0 Å². The van der Waals surface area contributed by atoms with Crippen molar-refractivity contribution in [1.82, 2.24) is 19.5 Å². The minimum Gasteiger partial charge on any atom is -0.481 e. The Labute approximate surface area is 136 Å². The molecule has 0 amide bonds. The molecule has 8 heteroatoms. The molecule has 0 bridgehead atoms. The van der Waals surface area contributed by atoms with Crippen molar-refractivity contribution in [2.45, 2.75) is 0 Å². The first-order chi connectivity index (χ1) is 11.3.